The van der Waals surface area contributed by atoms with Gasteiger partial charge in [0.1, 0.15) is 0 Å². The largest absolute Gasteiger partial charge is 0.478 e. The van der Waals surface area contributed by atoms with Crippen LogP contribution in [0.15, 0.2) is 53.1 Å². The highest BCUT2D eigenvalue weighted by Crippen LogP contribution is 2.44. The van der Waals surface area contributed by atoms with Crippen LogP contribution in [-0.2, 0) is 21.9 Å². The fraction of sp³-hybridized carbons (Fsp3) is 0.263. The fourth-order valence-corrected chi connectivity index (χ4v) is 3.46. The normalized spacial score (nSPS) is 20.0. The number of nitrogens with zero attached hydrogens (tertiary/aromatic N) is 1. The Morgan fingerprint density at radius 3 is 2.10 bits per heavy atom. The lowest BCUT2D eigenvalue weighted by Crippen LogP contribution is -2.40. The first-order chi connectivity index (χ1) is 13.3. The molecule has 1 aromatic carbocycles. The van der Waals surface area contributed by atoms with Crippen molar-refractivity contribution >= 4 is 11.9 Å². The average molecular weight is 417 g/mol. The maximum atomic E-state index is 13.2. The van der Waals surface area contributed by atoms with E-state index >= 15 is 0 Å². The van der Waals surface area contributed by atoms with Gasteiger partial charge < -0.3 is 10.0 Å². The molecule has 3 rings (SSSR count). The summed E-state index contributed by atoms with van der Waals surface area (Å²) in [6.45, 7) is 0. The van der Waals surface area contributed by atoms with Crippen molar-refractivity contribution in [2.45, 2.75) is 24.8 Å². The second-order valence-corrected chi connectivity index (χ2v) is 6.57. The van der Waals surface area contributed by atoms with Gasteiger partial charge in [0.05, 0.1) is 22.7 Å². The standard InChI is InChI=1S/C19H13F6NO3/c1-26-15(14(17(28)29)12-4-2-3-5-13(12)16(26)27)9-6-10(18(20,21)22)8-11(7-9)19(23,24)25/h2-3,5-8,15H,4H2,1H3,(H,28,29). The lowest BCUT2D eigenvalue weighted by atomic mass is 9.81. The number of carbonyl (C=O) groups excluding carboxylic acids is 1. The van der Waals surface area contributed by atoms with Gasteiger partial charge >= 0.3 is 18.3 Å². The molecule has 1 N–H and O–H groups in total. The number of alkyl halides is 6. The smallest absolute Gasteiger partial charge is 0.416 e. The number of allylic oxidation sites excluding steroid dienone is 3. The van der Waals surface area contributed by atoms with Crippen molar-refractivity contribution in [3.8, 4) is 0 Å². The quantitative estimate of drug-likeness (QED) is 0.721. The number of halogens is 6. The first kappa shape index (κ1) is 20.7. The van der Waals surface area contributed by atoms with Gasteiger partial charge in [0.15, 0.2) is 0 Å². The Hall–Kier alpha value is -3.04. The van der Waals surface area contributed by atoms with Crippen molar-refractivity contribution < 1.29 is 41.0 Å². The Kier molecular flexibility index (Phi) is 4.84. The predicted octanol–water partition coefficient (Wildman–Crippen LogP) is 4.50. The molecule has 0 saturated carbocycles. The molecule has 29 heavy (non-hydrogen) atoms. The van der Waals surface area contributed by atoms with E-state index in [1.54, 1.807) is 6.08 Å². The van der Waals surface area contributed by atoms with E-state index in [1.807, 2.05) is 0 Å². The van der Waals surface area contributed by atoms with Crippen molar-refractivity contribution in [2.24, 2.45) is 0 Å². The van der Waals surface area contributed by atoms with E-state index in [4.69, 9.17) is 0 Å². The van der Waals surface area contributed by atoms with Gasteiger partial charge in [-0.25, -0.2) is 4.79 Å². The second kappa shape index (κ2) is 6.78. The van der Waals surface area contributed by atoms with Crippen LogP contribution in [0.4, 0.5) is 26.3 Å². The van der Waals surface area contributed by atoms with E-state index in [1.165, 1.54) is 12.2 Å². The lowest BCUT2D eigenvalue weighted by Gasteiger charge is -2.37. The van der Waals surface area contributed by atoms with Crippen LogP contribution in [0.1, 0.15) is 29.2 Å². The summed E-state index contributed by atoms with van der Waals surface area (Å²) in [4.78, 5) is 25.4. The van der Waals surface area contributed by atoms with Crippen molar-refractivity contribution in [2.75, 3.05) is 7.05 Å². The molecular weight excluding hydrogens is 404 g/mol. The highest BCUT2D eigenvalue weighted by molar-refractivity contribution is 6.05. The molecule has 154 valence electrons. The Morgan fingerprint density at radius 2 is 1.62 bits per heavy atom. The van der Waals surface area contributed by atoms with Crippen molar-refractivity contribution in [3.05, 3.63) is 69.8 Å². The number of rotatable bonds is 2. The molecule has 1 aliphatic heterocycles. The molecule has 1 amide bonds. The molecule has 1 aromatic rings. The van der Waals surface area contributed by atoms with Gasteiger partial charge in [0.2, 0.25) is 0 Å². The second-order valence-electron chi connectivity index (χ2n) is 6.57. The molecule has 0 saturated heterocycles. The van der Waals surface area contributed by atoms with Crippen LogP contribution in [-0.4, -0.2) is 28.9 Å². The Balaban J connectivity index is 2.31. The summed E-state index contributed by atoms with van der Waals surface area (Å²) in [5.74, 6) is -2.22. The predicted molar refractivity (Wildman–Crippen MR) is 88.5 cm³/mol. The molecule has 0 aromatic heterocycles. The summed E-state index contributed by atoms with van der Waals surface area (Å²) in [7, 11) is 1.14. The third kappa shape index (κ3) is 3.66. The number of likely N-dealkylation sites (N-methyl/N-ethyl adjacent to an activating group) is 1. The van der Waals surface area contributed by atoms with Crippen molar-refractivity contribution in [1.29, 1.82) is 0 Å². The van der Waals surface area contributed by atoms with Gasteiger partial charge in [-0.15, -0.1) is 0 Å². The lowest BCUT2D eigenvalue weighted by molar-refractivity contribution is -0.143. The van der Waals surface area contributed by atoms with Gasteiger partial charge in [-0.2, -0.15) is 26.3 Å². The first-order valence-corrected chi connectivity index (χ1v) is 8.22. The van der Waals surface area contributed by atoms with Crippen LogP contribution in [0.3, 0.4) is 0 Å². The minimum Gasteiger partial charge on any atom is -0.478 e. The molecule has 4 nitrogen and oxygen atoms in total. The third-order valence-corrected chi connectivity index (χ3v) is 4.74. The number of hydrogen-bond donors (Lipinski definition) is 1. The summed E-state index contributed by atoms with van der Waals surface area (Å²) in [6.07, 6.45) is -5.73. The number of hydrogen-bond acceptors (Lipinski definition) is 2. The van der Waals surface area contributed by atoms with Gasteiger partial charge in [-0.05, 0) is 41.8 Å². The number of fused-ring (bicyclic) bond motifs is 1. The molecule has 0 radical (unpaired) electrons. The number of amides is 1. The van der Waals surface area contributed by atoms with Gasteiger partial charge in [-0.3, -0.25) is 4.79 Å². The number of aliphatic carboxylic acids is 1. The maximum absolute atomic E-state index is 13.2. The van der Waals surface area contributed by atoms with Crippen LogP contribution in [0.25, 0.3) is 0 Å². The van der Waals surface area contributed by atoms with Crippen LogP contribution in [0, 0.1) is 0 Å². The summed E-state index contributed by atoms with van der Waals surface area (Å²) < 4.78 is 79.2. The van der Waals surface area contributed by atoms with Crippen molar-refractivity contribution in [3.63, 3.8) is 0 Å². The van der Waals surface area contributed by atoms with E-state index < -0.39 is 52.5 Å². The molecule has 1 unspecified atom stereocenters. The van der Waals surface area contributed by atoms with E-state index in [2.05, 4.69) is 0 Å². The summed E-state index contributed by atoms with van der Waals surface area (Å²) in [6, 6.07) is -0.764. The highest BCUT2D eigenvalue weighted by atomic mass is 19.4. The van der Waals surface area contributed by atoms with Crippen LogP contribution in [0.2, 0.25) is 0 Å². The number of carboxylic acids is 1. The molecule has 0 spiro atoms. The van der Waals surface area contributed by atoms with Crippen LogP contribution < -0.4 is 0 Å². The average Bonchev–Trinajstić information content (AvgIpc) is 2.62. The molecule has 0 bridgehead atoms. The van der Waals surface area contributed by atoms with E-state index in [-0.39, 0.29) is 23.6 Å². The number of benzene rings is 1. The monoisotopic (exact) mass is 417 g/mol. The van der Waals surface area contributed by atoms with Gasteiger partial charge in [0, 0.05) is 12.6 Å². The minimum atomic E-state index is -5.09. The molecule has 2 aliphatic rings. The third-order valence-electron chi connectivity index (χ3n) is 4.74. The highest BCUT2D eigenvalue weighted by Gasteiger charge is 2.43. The molecule has 1 aliphatic carbocycles. The molecule has 1 heterocycles. The summed E-state index contributed by atoms with van der Waals surface area (Å²) >= 11 is 0. The SMILES string of the molecule is CN1C(=O)C2=CC=CCC2=C(C(=O)O)C1c1cc(C(F)(F)F)cc(C(F)(F)F)c1. The molecule has 10 heteroatoms. The molecular formula is C19H13F6NO3. The van der Waals surface area contributed by atoms with E-state index in [9.17, 15) is 41.0 Å². The summed E-state index contributed by atoms with van der Waals surface area (Å²) in [5.41, 5.74) is -4.06. The van der Waals surface area contributed by atoms with Gasteiger partial charge in [-0.1, -0.05) is 12.2 Å². The minimum absolute atomic E-state index is 0.0225. The zero-order chi connectivity index (χ0) is 21.7. The Labute approximate surface area is 160 Å². The first-order valence-electron chi connectivity index (χ1n) is 8.22. The van der Waals surface area contributed by atoms with Crippen LogP contribution in [0.5, 0.6) is 0 Å². The van der Waals surface area contributed by atoms with E-state index in [0.717, 1.165) is 11.9 Å². The fourth-order valence-electron chi connectivity index (χ4n) is 3.46. The zero-order valence-corrected chi connectivity index (χ0v) is 14.7. The van der Waals surface area contributed by atoms with E-state index in [0.29, 0.717) is 12.1 Å². The Morgan fingerprint density at radius 1 is 1.07 bits per heavy atom. The summed E-state index contributed by atoms with van der Waals surface area (Å²) in [5, 5.41) is 9.68. The van der Waals surface area contributed by atoms with Crippen molar-refractivity contribution in [1.82, 2.24) is 4.90 Å². The molecule has 0 fully saturated rings. The van der Waals surface area contributed by atoms with Crippen LogP contribution >= 0.6 is 0 Å². The topological polar surface area (TPSA) is 57.6 Å². The number of carbonyl (C=O) groups is 2. The van der Waals surface area contributed by atoms with Gasteiger partial charge in [0.25, 0.3) is 5.91 Å². The number of carboxylic acid groups (broad SMARTS) is 1. The zero-order valence-electron chi connectivity index (χ0n) is 14.7. The Bertz CT molecular complexity index is 952. The maximum Gasteiger partial charge on any atom is 0.416 e. The molecule has 1 atom stereocenters.